The molecule has 168 valence electrons. The number of halogens is 3. The summed E-state index contributed by atoms with van der Waals surface area (Å²) in [5.41, 5.74) is 0.178. The zero-order valence-corrected chi connectivity index (χ0v) is 18.2. The molecular weight excluding hydrogens is 407 g/mol. The van der Waals surface area contributed by atoms with E-state index < -0.39 is 17.3 Å². The first kappa shape index (κ1) is 21.7. The molecule has 0 amide bonds. The van der Waals surface area contributed by atoms with E-state index in [2.05, 4.69) is 43.4 Å². The van der Waals surface area contributed by atoms with Crippen LogP contribution in [0.4, 0.5) is 24.5 Å². The van der Waals surface area contributed by atoms with Crippen LogP contribution in [0.25, 0.3) is 0 Å². The molecule has 1 saturated heterocycles. The quantitative estimate of drug-likeness (QED) is 0.679. The standard InChI is InChI=1S/C22H28F3N5O/c1-20(2)8-14(9-21(3,4)29-20)27-16-7-5-6-13-11-30(12-15(13)16)17-10-26-28-19(31)18(17)22(23,24)25/h5-7,10,14,27,29H,8-9,11-12H2,1-4H3,(H,28,31). The van der Waals surface area contributed by atoms with Gasteiger partial charge in [-0.1, -0.05) is 12.1 Å². The van der Waals surface area contributed by atoms with Crippen molar-refractivity contribution in [3.05, 3.63) is 51.4 Å². The maximum absolute atomic E-state index is 13.5. The van der Waals surface area contributed by atoms with E-state index in [0.717, 1.165) is 35.9 Å². The fourth-order valence-electron chi connectivity index (χ4n) is 5.27. The van der Waals surface area contributed by atoms with Crippen molar-refractivity contribution >= 4 is 11.4 Å². The van der Waals surface area contributed by atoms with E-state index >= 15 is 0 Å². The summed E-state index contributed by atoms with van der Waals surface area (Å²) in [5, 5.41) is 12.8. The van der Waals surface area contributed by atoms with Crippen LogP contribution in [0, 0.1) is 0 Å². The van der Waals surface area contributed by atoms with Gasteiger partial charge < -0.3 is 15.5 Å². The Morgan fingerprint density at radius 3 is 2.45 bits per heavy atom. The van der Waals surface area contributed by atoms with Gasteiger partial charge in [-0.3, -0.25) is 4.79 Å². The number of nitrogens with zero attached hydrogens (tertiary/aromatic N) is 2. The van der Waals surface area contributed by atoms with Gasteiger partial charge in [0.2, 0.25) is 0 Å². The number of aromatic nitrogens is 2. The number of H-pyrrole nitrogens is 1. The SMILES string of the molecule is CC1(C)CC(Nc2cccc3c2CN(c2cn[nH]c(=O)c2C(F)(F)F)C3)CC(C)(C)N1. The van der Waals surface area contributed by atoms with Gasteiger partial charge in [-0.05, 0) is 57.7 Å². The minimum absolute atomic E-state index is 0.0260. The molecule has 0 aliphatic carbocycles. The zero-order chi connectivity index (χ0) is 22.6. The Kier molecular flexibility index (Phi) is 5.07. The lowest BCUT2D eigenvalue weighted by molar-refractivity contribution is -0.138. The summed E-state index contributed by atoms with van der Waals surface area (Å²) in [6, 6.07) is 6.05. The molecule has 0 radical (unpaired) electrons. The van der Waals surface area contributed by atoms with Gasteiger partial charge in [0.15, 0.2) is 0 Å². The van der Waals surface area contributed by atoms with Crippen molar-refractivity contribution in [1.29, 1.82) is 0 Å². The maximum Gasteiger partial charge on any atom is 0.423 e. The summed E-state index contributed by atoms with van der Waals surface area (Å²) in [6.45, 7) is 9.29. The zero-order valence-electron chi connectivity index (χ0n) is 18.2. The Hall–Kier alpha value is -2.55. The molecular formula is C22H28F3N5O. The lowest BCUT2D eigenvalue weighted by atomic mass is 9.79. The van der Waals surface area contributed by atoms with Gasteiger partial charge in [0.25, 0.3) is 5.56 Å². The minimum Gasteiger partial charge on any atom is -0.382 e. The summed E-state index contributed by atoms with van der Waals surface area (Å²) >= 11 is 0. The van der Waals surface area contributed by atoms with E-state index in [9.17, 15) is 18.0 Å². The molecule has 2 aliphatic rings. The Bertz CT molecular complexity index is 1030. The lowest BCUT2D eigenvalue weighted by Crippen LogP contribution is -2.60. The number of nitrogens with one attached hydrogen (secondary N) is 3. The third kappa shape index (κ3) is 4.42. The average molecular weight is 435 g/mol. The molecule has 4 rings (SSSR count). The largest absolute Gasteiger partial charge is 0.423 e. The molecule has 1 fully saturated rings. The van der Waals surface area contributed by atoms with Gasteiger partial charge in [-0.25, -0.2) is 5.10 Å². The molecule has 0 atom stereocenters. The number of fused-ring (bicyclic) bond motifs is 1. The molecule has 0 bridgehead atoms. The van der Waals surface area contributed by atoms with E-state index in [1.165, 1.54) is 0 Å². The lowest BCUT2D eigenvalue weighted by Gasteiger charge is -2.47. The monoisotopic (exact) mass is 435 g/mol. The molecule has 3 heterocycles. The molecule has 2 aliphatic heterocycles. The summed E-state index contributed by atoms with van der Waals surface area (Å²) in [7, 11) is 0. The average Bonchev–Trinajstić information content (AvgIpc) is 3.03. The highest BCUT2D eigenvalue weighted by Crippen LogP contribution is 2.39. The number of rotatable bonds is 3. The van der Waals surface area contributed by atoms with E-state index in [1.807, 2.05) is 23.3 Å². The van der Waals surface area contributed by atoms with Crippen LogP contribution in [0.2, 0.25) is 0 Å². The Labute approximate surface area is 179 Å². The highest BCUT2D eigenvalue weighted by molar-refractivity contribution is 5.63. The van der Waals surface area contributed by atoms with Crippen molar-refractivity contribution < 1.29 is 13.2 Å². The molecule has 9 heteroatoms. The minimum atomic E-state index is -4.76. The van der Waals surface area contributed by atoms with Crippen LogP contribution < -0.4 is 21.1 Å². The highest BCUT2D eigenvalue weighted by atomic mass is 19.4. The first-order valence-electron chi connectivity index (χ1n) is 10.4. The molecule has 0 saturated carbocycles. The fraction of sp³-hybridized carbons (Fsp3) is 0.545. The predicted octanol–water partition coefficient (Wildman–Crippen LogP) is 4.03. The molecule has 1 aromatic carbocycles. The first-order chi connectivity index (χ1) is 14.3. The summed E-state index contributed by atoms with van der Waals surface area (Å²) in [6.07, 6.45) is -1.81. The molecule has 1 aromatic heterocycles. The third-order valence-corrected chi connectivity index (χ3v) is 5.99. The van der Waals surface area contributed by atoms with Gasteiger partial charge >= 0.3 is 6.18 Å². The molecule has 0 spiro atoms. The topological polar surface area (TPSA) is 73.0 Å². The van der Waals surface area contributed by atoms with Crippen LogP contribution in [-0.4, -0.2) is 27.3 Å². The summed E-state index contributed by atoms with van der Waals surface area (Å²) in [4.78, 5) is 13.5. The number of benzene rings is 1. The van der Waals surface area contributed by atoms with Crippen LogP contribution >= 0.6 is 0 Å². The third-order valence-electron chi connectivity index (χ3n) is 5.99. The Morgan fingerprint density at radius 2 is 1.81 bits per heavy atom. The van der Waals surface area contributed by atoms with E-state index in [-0.39, 0.29) is 29.4 Å². The molecule has 0 unspecified atom stereocenters. The van der Waals surface area contributed by atoms with Crippen molar-refractivity contribution in [3.63, 3.8) is 0 Å². The number of alkyl halides is 3. The van der Waals surface area contributed by atoms with Gasteiger partial charge in [0, 0.05) is 35.9 Å². The number of aromatic amines is 1. The second-order valence-corrected chi connectivity index (χ2v) is 9.90. The van der Waals surface area contributed by atoms with Crippen molar-refractivity contribution in [2.24, 2.45) is 0 Å². The highest BCUT2D eigenvalue weighted by Gasteiger charge is 2.40. The van der Waals surface area contributed by atoms with Crippen LogP contribution in [0.1, 0.15) is 57.2 Å². The first-order valence-corrected chi connectivity index (χ1v) is 10.4. The number of hydrogen-bond acceptors (Lipinski definition) is 5. The Morgan fingerprint density at radius 1 is 1.13 bits per heavy atom. The summed E-state index contributed by atoms with van der Waals surface area (Å²) < 4.78 is 40.6. The van der Waals surface area contributed by atoms with Crippen molar-refractivity contribution in [3.8, 4) is 0 Å². The van der Waals surface area contributed by atoms with Gasteiger partial charge in [-0.2, -0.15) is 18.3 Å². The maximum atomic E-state index is 13.5. The smallest absolute Gasteiger partial charge is 0.382 e. The Balaban J connectivity index is 1.62. The van der Waals surface area contributed by atoms with Crippen LogP contribution in [0.15, 0.2) is 29.2 Å². The molecule has 31 heavy (non-hydrogen) atoms. The van der Waals surface area contributed by atoms with Crippen LogP contribution in [-0.2, 0) is 19.3 Å². The number of anilines is 2. The van der Waals surface area contributed by atoms with Crippen molar-refractivity contribution in [2.45, 2.75) is 76.9 Å². The summed E-state index contributed by atoms with van der Waals surface area (Å²) in [5.74, 6) is 0. The molecule has 6 nitrogen and oxygen atoms in total. The predicted molar refractivity (Wildman–Crippen MR) is 114 cm³/mol. The molecule has 2 aromatic rings. The number of piperidine rings is 1. The van der Waals surface area contributed by atoms with Gasteiger partial charge in [-0.15, -0.1) is 0 Å². The normalized spacial score (nSPS) is 20.5. The second kappa shape index (κ2) is 7.25. The van der Waals surface area contributed by atoms with E-state index in [4.69, 9.17) is 0 Å². The van der Waals surface area contributed by atoms with Crippen LogP contribution in [0.3, 0.4) is 0 Å². The van der Waals surface area contributed by atoms with E-state index in [1.54, 1.807) is 4.90 Å². The second-order valence-electron chi connectivity index (χ2n) is 9.90. The fourth-order valence-corrected chi connectivity index (χ4v) is 5.27. The van der Waals surface area contributed by atoms with Gasteiger partial charge in [0.1, 0.15) is 5.56 Å². The van der Waals surface area contributed by atoms with Crippen molar-refractivity contribution in [2.75, 3.05) is 10.2 Å². The van der Waals surface area contributed by atoms with Crippen molar-refractivity contribution in [1.82, 2.24) is 15.5 Å². The van der Waals surface area contributed by atoms with Gasteiger partial charge in [0.05, 0.1) is 11.9 Å². The molecule has 3 N–H and O–H groups in total. The number of hydrogen-bond donors (Lipinski definition) is 3. The van der Waals surface area contributed by atoms with E-state index in [0.29, 0.717) is 6.54 Å². The van der Waals surface area contributed by atoms with Crippen LogP contribution in [0.5, 0.6) is 0 Å².